The number of rotatable bonds is 6. The summed E-state index contributed by atoms with van der Waals surface area (Å²) in [4.78, 5) is 29.1. The number of para-hydroxylation sites is 1. The highest BCUT2D eigenvalue weighted by molar-refractivity contribution is 6.14. The van der Waals surface area contributed by atoms with Crippen LogP contribution in [-0.2, 0) is 12.7 Å². The third-order valence-corrected chi connectivity index (χ3v) is 6.82. The van der Waals surface area contributed by atoms with E-state index in [1.54, 1.807) is 24.3 Å². The number of nitrogens with zero attached hydrogens (tertiary/aromatic N) is 3. The molecule has 10 heteroatoms. The molecule has 2 aromatic heterocycles. The highest BCUT2D eigenvalue weighted by Gasteiger charge is 2.39. The number of carbonyl (C=O) groups excluding carboxylic acids is 2. The van der Waals surface area contributed by atoms with Crippen LogP contribution in [0.3, 0.4) is 0 Å². The second-order valence-corrected chi connectivity index (χ2v) is 9.22. The van der Waals surface area contributed by atoms with Gasteiger partial charge in [-0.25, -0.2) is 4.98 Å². The number of hydrogen-bond acceptors (Lipinski definition) is 4. The number of benzene rings is 2. The number of pyridine rings is 1. The topological polar surface area (TPSA) is 103 Å². The Balaban J connectivity index is 1.48. The van der Waals surface area contributed by atoms with Gasteiger partial charge in [-0.2, -0.15) is 18.3 Å². The SMILES string of the molecule is Cc1c(NC(=O)c2cc(C(N)=O)nc3ccccc23)c(C(F)(F)F)nn1Cc1ccc(C2CCC2)cc1. The maximum absolute atomic E-state index is 13.9. The van der Waals surface area contributed by atoms with Gasteiger partial charge < -0.3 is 11.1 Å². The van der Waals surface area contributed by atoms with Crippen LogP contribution in [0, 0.1) is 6.92 Å². The second kappa shape index (κ2) is 9.34. The highest BCUT2D eigenvalue weighted by atomic mass is 19.4. The van der Waals surface area contributed by atoms with E-state index < -0.39 is 29.4 Å². The van der Waals surface area contributed by atoms with Crippen molar-refractivity contribution >= 4 is 28.4 Å². The van der Waals surface area contributed by atoms with Gasteiger partial charge in [0.1, 0.15) is 5.69 Å². The molecule has 0 saturated heterocycles. The Hall–Kier alpha value is -4.21. The number of nitrogens with two attached hydrogens (primary N) is 1. The normalized spacial score (nSPS) is 13.9. The van der Waals surface area contributed by atoms with E-state index in [1.807, 2.05) is 24.3 Å². The van der Waals surface area contributed by atoms with Crippen molar-refractivity contribution in [3.05, 3.63) is 88.4 Å². The fourth-order valence-corrected chi connectivity index (χ4v) is 4.53. The van der Waals surface area contributed by atoms with E-state index in [-0.39, 0.29) is 23.5 Å². The number of fused-ring (bicyclic) bond motifs is 1. The Kier molecular flexibility index (Phi) is 6.18. The van der Waals surface area contributed by atoms with Gasteiger partial charge >= 0.3 is 6.18 Å². The fraction of sp³-hybridized carbons (Fsp3) is 0.259. The summed E-state index contributed by atoms with van der Waals surface area (Å²) in [6, 6.07) is 15.5. The first-order valence-electron chi connectivity index (χ1n) is 11.9. The van der Waals surface area contributed by atoms with Crippen molar-refractivity contribution < 1.29 is 22.8 Å². The van der Waals surface area contributed by atoms with Crippen LogP contribution in [0.4, 0.5) is 18.9 Å². The average Bonchev–Trinajstić information content (AvgIpc) is 3.13. The van der Waals surface area contributed by atoms with Crippen LogP contribution in [0.25, 0.3) is 10.9 Å². The van der Waals surface area contributed by atoms with Gasteiger partial charge in [-0.1, -0.05) is 48.9 Å². The Morgan fingerprint density at radius 3 is 2.43 bits per heavy atom. The summed E-state index contributed by atoms with van der Waals surface area (Å²) in [7, 11) is 0. The Bertz CT molecular complexity index is 1510. The zero-order valence-corrected chi connectivity index (χ0v) is 20.0. The number of nitrogens with one attached hydrogen (secondary N) is 1. The predicted molar refractivity (Wildman–Crippen MR) is 132 cm³/mol. The Morgan fingerprint density at radius 2 is 1.81 bits per heavy atom. The first-order valence-corrected chi connectivity index (χ1v) is 11.9. The van der Waals surface area contributed by atoms with Crippen molar-refractivity contribution in [1.82, 2.24) is 14.8 Å². The van der Waals surface area contributed by atoms with Crippen LogP contribution in [0.5, 0.6) is 0 Å². The standard InChI is InChI=1S/C27H24F3N5O2/c1-15-23(33-26(37)20-13-22(25(31)36)32-21-8-3-2-7-19(20)21)24(27(28,29)30)34-35(15)14-16-9-11-18(12-10-16)17-5-4-6-17/h2-3,7-13,17H,4-6,14H2,1H3,(H2,31,36)(H,33,37). The lowest BCUT2D eigenvalue weighted by molar-refractivity contribution is -0.140. The van der Waals surface area contributed by atoms with E-state index in [1.165, 1.54) is 29.7 Å². The number of primary amides is 1. The lowest BCUT2D eigenvalue weighted by Crippen LogP contribution is -2.19. The molecule has 7 nitrogen and oxygen atoms in total. The summed E-state index contributed by atoms with van der Waals surface area (Å²) in [6.07, 6.45) is -1.27. The lowest BCUT2D eigenvalue weighted by Gasteiger charge is -2.25. The zero-order chi connectivity index (χ0) is 26.3. The largest absolute Gasteiger partial charge is 0.437 e. The Labute approximate surface area is 210 Å². The maximum Gasteiger partial charge on any atom is 0.437 e. The summed E-state index contributed by atoms with van der Waals surface area (Å²) in [5.41, 5.74) is 6.02. The lowest BCUT2D eigenvalue weighted by atomic mass is 9.80. The third-order valence-electron chi connectivity index (χ3n) is 6.82. The number of alkyl halides is 3. The van der Waals surface area contributed by atoms with Crippen molar-refractivity contribution in [2.24, 2.45) is 5.73 Å². The monoisotopic (exact) mass is 507 g/mol. The number of carbonyl (C=O) groups is 2. The minimum absolute atomic E-state index is 0.0220. The van der Waals surface area contributed by atoms with Crippen LogP contribution in [0.1, 0.15) is 68.5 Å². The predicted octanol–water partition coefficient (Wildman–Crippen LogP) is 5.43. The highest BCUT2D eigenvalue weighted by Crippen LogP contribution is 2.38. The molecule has 2 heterocycles. The molecular formula is C27H24F3N5O2. The van der Waals surface area contributed by atoms with Gasteiger partial charge in [0.05, 0.1) is 29.0 Å². The van der Waals surface area contributed by atoms with Gasteiger partial charge in [0.2, 0.25) is 0 Å². The van der Waals surface area contributed by atoms with E-state index in [2.05, 4.69) is 15.4 Å². The molecule has 5 rings (SSSR count). The minimum atomic E-state index is -4.80. The van der Waals surface area contributed by atoms with E-state index in [4.69, 9.17) is 5.73 Å². The quantitative estimate of drug-likeness (QED) is 0.363. The molecule has 1 aliphatic rings. The number of amides is 2. The average molecular weight is 508 g/mol. The first kappa shape index (κ1) is 24.5. The molecule has 0 aliphatic heterocycles. The van der Waals surface area contributed by atoms with Crippen molar-refractivity contribution in [3.8, 4) is 0 Å². The molecule has 190 valence electrons. The maximum atomic E-state index is 13.9. The summed E-state index contributed by atoms with van der Waals surface area (Å²) < 4.78 is 43.1. The third kappa shape index (κ3) is 4.78. The summed E-state index contributed by atoms with van der Waals surface area (Å²) in [5, 5.41) is 6.56. The Morgan fingerprint density at radius 1 is 1.11 bits per heavy atom. The molecule has 2 aromatic carbocycles. The number of aromatic nitrogens is 3. The molecule has 1 aliphatic carbocycles. The molecule has 37 heavy (non-hydrogen) atoms. The molecule has 1 saturated carbocycles. The molecule has 1 fully saturated rings. The van der Waals surface area contributed by atoms with Crippen molar-refractivity contribution in [3.63, 3.8) is 0 Å². The number of anilines is 1. The number of hydrogen-bond donors (Lipinski definition) is 2. The van der Waals surface area contributed by atoms with Crippen molar-refractivity contribution in [1.29, 1.82) is 0 Å². The van der Waals surface area contributed by atoms with Gasteiger partial charge in [-0.05, 0) is 48.9 Å². The zero-order valence-electron chi connectivity index (χ0n) is 20.0. The van der Waals surface area contributed by atoms with Crippen molar-refractivity contribution in [2.45, 2.75) is 44.8 Å². The van der Waals surface area contributed by atoms with Gasteiger partial charge in [0.15, 0.2) is 5.69 Å². The van der Waals surface area contributed by atoms with E-state index in [0.29, 0.717) is 16.8 Å². The smallest absolute Gasteiger partial charge is 0.364 e. The molecule has 3 N–H and O–H groups in total. The number of halogens is 3. The van der Waals surface area contributed by atoms with Gasteiger partial charge in [-0.3, -0.25) is 14.3 Å². The van der Waals surface area contributed by atoms with E-state index in [0.717, 1.165) is 18.4 Å². The van der Waals surface area contributed by atoms with Crippen LogP contribution < -0.4 is 11.1 Å². The van der Waals surface area contributed by atoms with Crippen LogP contribution in [0.2, 0.25) is 0 Å². The second-order valence-electron chi connectivity index (χ2n) is 9.22. The molecule has 0 unspecified atom stereocenters. The van der Waals surface area contributed by atoms with Gasteiger partial charge in [0.25, 0.3) is 11.8 Å². The van der Waals surface area contributed by atoms with Gasteiger partial charge in [-0.15, -0.1) is 0 Å². The van der Waals surface area contributed by atoms with Crippen LogP contribution >= 0.6 is 0 Å². The molecule has 0 radical (unpaired) electrons. The summed E-state index contributed by atoms with van der Waals surface area (Å²) in [6.45, 7) is 1.58. The van der Waals surface area contributed by atoms with Crippen LogP contribution in [-0.4, -0.2) is 26.6 Å². The first-order chi connectivity index (χ1) is 17.6. The van der Waals surface area contributed by atoms with Crippen molar-refractivity contribution in [2.75, 3.05) is 5.32 Å². The molecule has 0 spiro atoms. The minimum Gasteiger partial charge on any atom is -0.364 e. The van der Waals surface area contributed by atoms with E-state index in [9.17, 15) is 22.8 Å². The molecule has 2 amide bonds. The fourth-order valence-electron chi connectivity index (χ4n) is 4.53. The molecule has 4 aromatic rings. The van der Waals surface area contributed by atoms with Gasteiger partial charge in [0, 0.05) is 5.39 Å². The molecule has 0 bridgehead atoms. The molecular weight excluding hydrogens is 483 g/mol. The molecule has 0 atom stereocenters. The summed E-state index contributed by atoms with van der Waals surface area (Å²) >= 11 is 0. The summed E-state index contributed by atoms with van der Waals surface area (Å²) in [5.74, 6) is -1.14. The van der Waals surface area contributed by atoms with Crippen LogP contribution in [0.15, 0.2) is 54.6 Å². The van der Waals surface area contributed by atoms with E-state index >= 15 is 0 Å².